The van der Waals surface area contributed by atoms with Gasteiger partial charge in [0.2, 0.25) is 0 Å². The molecular weight excluding hydrogens is 308 g/mol. The zero-order chi connectivity index (χ0) is 14.0. The molecule has 9 heteroatoms. The van der Waals surface area contributed by atoms with Gasteiger partial charge in [0, 0.05) is 17.8 Å². The third kappa shape index (κ3) is 3.00. The van der Waals surface area contributed by atoms with E-state index in [0.29, 0.717) is 5.69 Å². The van der Waals surface area contributed by atoms with Crippen LogP contribution in [0, 0.1) is 0 Å². The fraction of sp³-hybridized carbons (Fsp3) is 0.200. The van der Waals surface area contributed by atoms with Crippen LogP contribution in [0.4, 0.5) is 0 Å². The minimum atomic E-state index is -3.67. The van der Waals surface area contributed by atoms with Gasteiger partial charge < -0.3 is 5.11 Å². The smallest absolute Gasteiger partial charge is 0.336 e. The van der Waals surface area contributed by atoms with Gasteiger partial charge in [-0.2, -0.15) is 4.31 Å². The molecule has 0 radical (unpaired) electrons. The second kappa shape index (κ2) is 5.37. The van der Waals surface area contributed by atoms with Gasteiger partial charge in [0.1, 0.15) is 4.21 Å². The number of hydrogen-bond acceptors (Lipinski definition) is 6. The Morgan fingerprint density at radius 2 is 2.21 bits per heavy atom. The second-order valence-corrected chi connectivity index (χ2v) is 7.60. The van der Waals surface area contributed by atoms with Crippen LogP contribution in [0.25, 0.3) is 0 Å². The maximum absolute atomic E-state index is 12.2. The molecule has 0 saturated carbocycles. The van der Waals surface area contributed by atoms with Gasteiger partial charge in [0.15, 0.2) is 0 Å². The maximum Gasteiger partial charge on any atom is 0.336 e. The van der Waals surface area contributed by atoms with E-state index < -0.39 is 16.0 Å². The molecule has 1 N–H and O–H groups in total. The molecule has 0 aromatic carbocycles. The first-order chi connectivity index (χ1) is 8.91. The van der Waals surface area contributed by atoms with Crippen molar-refractivity contribution in [2.75, 3.05) is 7.05 Å². The molecule has 0 aliphatic heterocycles. The number of nitrogens with zero attached hydrogens (tertiary/aromatic N) is 2. The van der Waals surface area contributed by atoms with Crippen molar-refractivity contribution >= 4 is 38.7 Å². The van der Waals surface area contributed by atoms with E-state index in [1.165, 1.54) is 29.8 Å². The molecule has 0 bridgehead atoms. The molecule has 2 rings (SSSR count). The summed E-state index contributed by atoms with van der Waals surface area (Å²) in [5.74, 6) is -1.14. The van der Waals surface area contributed by atoms with Gasteiger partial charge in [-0.1, -0.05) is 0 Å². The zero-order valence-corrected chi connectivity index (χ0v) is 12.3. The summed E-state index contributed by atoms with van der Waals surface area (Å²) in [7, 11) is -2.24. The Hall–Kier alpha value is -1.29. The summed E-state index contributed by atoms with van der Waals surface area (Å²) in [5, 5.41) is 11.9. The molecule has 6 nitrogen and oxygen atoms in total. The van der Waals surface area contributed by atoms with Gasteiger partial charge in [-0.15, -0.1) is 22.7 Å². The summed E-state index contributed by atoms with van der Waals surface area (Å²) in [6.07, 6.45) is 0. The number of thiophene rings is 1. The normalized spacial score (nSPS) is 11.9. The van der Waals surface area contributed by atoms with E-state index in [1.807, 2.05) is 0 Å². The molecule has 0 unspecified atom stereocenters. The number of carboxylic acids is 1. The number of carbonyl (C=O) groups is 1. The van der Waals surface area contributed by atoms with Crippen molar-refractivity contribution in [3.63, 3.8) is 0 Å². The molecule has 2 aromatic rings. The third-order valence-electron chi connectivity index (χ3n) is 2.36. The maximum atomic E-state index is 12.2. The standard InChI is InChI=1S/C10H10N2O4S3/c1-12(3-8-5-17-6-11-8)19(15,16)9-2-7(4-18-9)10(13)14/h2,4-6H,3H2,1H3,(H,13,14). The lowest BCUT2D eigenvalue weighted by Crippen LogP contribution is -2.26. The number of aromatic nitrogens is 1. The molecule has 2 aromatic heterocycles. The van der Waals surface area contributed by atoms with Gasteiger partial charge >= 0.3 is 5.97 Å². The minimum absolute atomic E-state index is 0.0163. The molecule has 0 aliphatic carbocycles. The van der Waals surface area contributed by atoms with Crippen LogP contribution in [0.15, 0.2) is 26.5 Å². The Morgan fingerprint density at radius 1 is 1.47 bits per heavy atom. The van der Waals surface area contributed by atoms with Gasteiger partial charge in [0.05, 0.1) is 23.3 Å². The Morgan fingerprint density at radius 3 is 2.74 bits per heavy atom. The number of rotatable bonds is 5. The zero-order valence-electron chi connectivity index (χ0n) is 9.81. The molecule has 0 aliphatic rings. The Labute approximate surface area is 118 Å². The Bertz CT molecular complexity index is 675. The summed E-state index contributed by atoms with van der Waals surface area (Å²) < 4.78 is 25.6. The summed E-state index contributed by atoms with van der Waals surface area (Å²) in [6, 6.07) is 1.17. The van der Waals surface area contributed by atoms with Crippen molar-refractivity contribution in [3.8, 4) is 0 Å². The first-order valence-electron chi connectivity index (χ1n) is 5.06. The van der Waals surface area contributed by atoms with E-state index in [0.717, 1.165) is 15.6 Å². The van der Waals surface area contributed by atoms with Gasteiger partial charge in [0.25, 0.3) is 10.0 Å². The van der Waals surface area contributed by atoms with E-state index in [9.17, 15) is 13.2 Å². The predicted molar refractivity (Wildman–Crippen MR) is 72.0 cm³/mol. The van der Waals surface area contributed by atoms with Crippen LogP contribution >= 0.6 is 22.7 Å². The second-order valence-electron chi connectivity index (χ2n) is 3.70. The number of aromatic carboxylic acids is 1. The van der Waals surface area contributed by atoms with E-state index in [1.54, 1.807) is 10.9 Å². The summed E-state index contributed by atoms with van der Waals surface area (Å²) >= 11 is 2.29. The highest BCUT2D eigenvalue weighted by molar-refractivity contribution is 7.91. The lowest BCUT2D eigenvalue weighted by atomic mass is 10.4. The highest BCUT2D eigenvalue weighted by Gasteiger charge is 2.24. The van der Waals surface area contributed by atoms with Crippen LogP contribution in [0.1, 0.15) is 16.1 Å². The van der Waals surface area contributed by atoms with Gasteiger partial charge in [-0.05, 0) is 6.07 Å². The Kier molecular flexibility index (Phi) is 3.99. The average Bonchev–Trinajstić information content (AvgIpc) is 2.99. The fourth-order valence-electron chi connectivity index (χ4n) is 1.35. The van der Waals surface area contributed by atoms with E-state index in [2.05, 4.69) is 4.98 Å². The van der Waals surface area contributed by atoms with Crippen molar-refractivity contribution in [1.82, 2.24) is 9.29 Å². The van der Waals surface area contributed by atoms with Crippen LogP contribution in [0.3, 0.4) is 0 Å². The largest absolute Gasteiger partial charge is 0.478 e. The minimum Gasteiger partial charge on any atom is -0.478 e. The van der Waals surface area contributed by atoms with Gasteiger partial charge in [-0.3, -0.25) is 0 Å². The molecule has 19 heavy (non-hydrogen) atoms. The van der Waals surface area contributed by atoms with Crippen molar-refractivity contribution in [2.24, 2.45) is 0 Å². The number of hydrogen-bond donors (Lipinski definition) is 1. The molecule has 0 atom stereocenters. The quantitative estimate of drug-likeness (QED) is 0.907. The van der Waals surface area contributed by atoms with Crippen LogP contribution in [-0.2, 0) is 16.6 Å². The molecule has 0 fully saturated rings. The first kappa shape index (κ1) is 14.1. The number of carboxylic acid groups (broad SMARTS) is 1. The molecular formula is C10H10N2O4S3. The molecule has 102 valence electrons. The predicted octanol–water partition coefficient (Wildman–Crippen LogP) is 1.72. The lowest BCUT2D eigenvalue weighted by molar-refractivity contribution is 0.0697. The van der Waals surface area contributed by atoms with Crippen molar-refractivity contribution < 1.29 is 18.3 Å². The Balaban J connectivity index is 2.23. The van der Waals surface area contributed by atoms with E-state index >= 15 is 0 Å². The highest BCUT2D eigenvalue weighted by Crippen LogP contribution is 2.24. The fourth-order valence-corrected chi connectivity index (χ4v) is 4.40. The molecule has 0 amide bonds. The highest BCUT2D eigenvalue weighted by atomic mass is 32.2. The van der Waals surface area contributed by atoms with Crippen molar-refractivity contribution in [2.45, 2.75) is 10.8 Å². The topological polar surface area (TPSA) is 87.6 Å². The number of thiazole rings is 1. The molecule has 0 saturated heterocycles. The SMILES string of the molecule is CN(Cc1cscn1)S(=O)(=O)c1cc(C(=O)O)cs1. The first-order valence-corrected chi connectivity index (χ1v) is 8.33. The molecule has 0 spiro atoms. The van der Waals surface area contributed by atoms with Crippen LogP contribution < -0.4 is 0 Å². The van der Waals surface area contributed by atoms with Crippen molar-refractivity contribution in [1.29, 1.82) is 0 Å². The third-order valence-corrected chi connectivity index (χ3v) is 6.21. The summed E-state index contributed by atoms with van der Waals surface area (Å²) in [6.45, 7) is 0.159. The van der Waals surface area contributed by atoms with E-state index in [4.69, 9.17) is 5.11 Å². The average molecular weight is 318 g/mol. The van der Waals surface area contributed by atoms with E-state index in [-0.39, 0.29) is 16.3 Å². The van der Waals surface area contributed by atoms with Crippen LogP contribution in [-0.4, -0.2) is 35.8 Å². The van der Waals surface area contributed by atoms with Crippen LogP contribution in [0.5, 0.6) is 0 Å². The van der Waals surface area contributed by atoms with Crippen LogP contribution in [0.2, 0.25) is 0 Å². The van der Waals surface area contributed by atoms with Gasteiger partial charge in [-0.25, -0.2) is 18.2 Å². The summed E-state index contributed by atoms with van der Waals surface area (Å²) in [5.41, 5.74) is 2.26. The molecule has 2 heterocycles. The number of sulfonamides is 1. The lowest BCUT2D eigenvalue weighted by Gasteiger charge is -2.14. The monoisotopic (exact) mass is 318 g/mol. The van der Waals surface area contributed by atoms with Crippen molar-refractivity contribution in [3.05, 3.63) is 33.6 Å². The summed E-state index contributed by atoms with van der Waals surface area (Å²) in [4.78, 5) is 14.8.